The summed E-state index contributed by atoms with van der Waals surface area (Å²) in [5.74, 6) is -0.771. The maximum atomic E-state index is 11.7. The second kappa shape index (κ2) is 13.8. The topological polar surface area (TPSA) is 91.1 Å². The van der Waals surface area contributed by atoms with Crippen LogP contribution in [0.4, 0.5) is 0 Å². The summed E-state index contributed by atoms with van der Waals surface area (Å²) in [5, 5.41) is 0. The molecule has 2 N–H and O–H groups in total. The van der Waals surface area contributed by atoms with Gasteiger partial charge in [0.25, 0.3) is 0 Å². The van der Waals surface area contributed by atoms with Gasteiger partial charge in [-0.3, -0.25) is 9.59 Å². The lowest BCUT2D eigenvalue weighted by Crippen LogP contribution is -2.38. The van der Waals surface area contributed by atoms with Crippen LogP contribution in [0.25, 0.3) is 0 Å². The van der Waals surface area contributed by atoms with Gasteiger partial charge in [-0.2, -0.15) is 11.8 Å². The summed E-state index contributed by atoms with van der Waals surface area (Å²) in [6.45, 7) is 2.99. The molecule has 0 radical (unpaired) electrons. The number of rotatable bonds is 14. The largest absolute Gasteiger partial charge is 0.379 e. The van der Waals surface area contributed by atoms with Gasteiger partial charge in [-0.25, -0.2) is 0 Å². The molecule has 1 unspecified atom stereocenters. The number of carbonyl (C=O) groups is 2. The van der Waals surface area contributed by atoms with Crippen molar-refractivity contribution in [1.29, 1.82) is 0 Å². The second-order valence-corrected chi connectivity index (χ2v) is 5.79. The third-order valence-corrected chi connectivity index (χ3v) is 3.38. The standard InChI is InChI=1S/C14H28N2O5S/c1-16(2)14(18)12(13(15)17)4-5-19-6-7-20-8-9-21-10-11-22-3/h12H,4-11H2,1-3H3,(H2,15,17). The van der Waals surface area contributed by atoms with Crippen molar-refractivity contribution >= 4 is 23.6 Å². The van der Waals surface area contributed by atoms with Crippen LogP contribution in [0.1, 0.15) is 6.42 Å². The van der Waals surface area contributed by atoms with Gasteiger partial charge in [0.1, 0.15) is 5.92 Å². The van der Waals surface area contributed by atoms with Gasteiger partial charge in [0.2, 0.25) is 11.8 Å². The monoisotopic (exact) mass is 336 g/mol. The van der Waals surface area contributed by atoms with E-state index in [0.717, 1.165) is 12.4 Å². The number of nitrogens with two attached hydrogens (primary N) is 1. The fourth-order valence-electron chi connectivity index (χ4n) is 1.58. The maximum Gasteiger partial charge on any atom is 0.234 e. The SMILES string of the molecule is CSCCOCCOCCOCCC(C(N)=O)C(=O)N(C)C. The first-order valence-electron chi connectivity index (χ1n) is 7.23. The van der Waals surface area contributed by atoms with Crippen molar-refractivity contribution < 1.29 is 23.8 Å². The molecule has 0 saturated heterocycles. The fourth-order valence-corrected chi connectivity index (χ4v) is 1.87. The van der Waals surface area contributed by atoms with Crippen LogP contribution in [0.3, 0.4) is 0 Å². The number of amides is 2. The van der Waals surface area contributed by atoms with E-state index in [1.165, 1.54) is 4.90 Å². The molecule has 0 aromatic carbocycles. The van der Waals surface area contributed by atoms with Crippen molar-refractivity contribution in [1.82, 2.24) is 4.90 Å². The van der Waals surface area contributed by atoms with E-state index in [9.17, 15) is 9.59 Å². The molecular formula is C14H28N2O5S. The molecule has 0 rings (SSSR count). The summed E-state index contributed by atoms with van der Waals surface area (Å²) in [4.78, 5) is 24.3. The first-order chi connectivity index (χ1) is 10.5. The zero-order valence-electron chi connectivity index (χ0n) is 13.7. The highest BCUT2D eigenvalue weighted by molar-refractivity contribution is 7.98. The van der Waals surface area contributed by atoms with Gasteiger partial charge in [0.15, 0.2) is 0 Å². The Bertz CT molecular complexity index is 316. The number of thioether (sulfide) groups is 1. The van der Waals surface area contributed by atoms with Gasteiger partial charge >= 0.3 is 0 Å². The van der Waals surface area contributed by atoms with Crippen molar-refractivity contribution in [2.24, 2.45) is 11.7 Å². The summed E-state index contributed by atoms with van der Waals surface area (Å²) >= 11 is 1.74. The molecule has 1 atom stereocenters. The van der Waals surface area contributed by atoms with Crippen LogP contribution in [0.2, 0.25) is 0 Å². The van der Waals surface area contributed by atoms with Gasteiger partial charge in [-0.15, -0.1) is 0 Å². The molecule has 130 valence electrons. The maximum absolute atomic E-state index is 11.7. The Labute approximate surface area is 136 Å². The molecule has 0 aromatic heterocycles. The zero-order chi connectivity index (χ0) is 16.8. The van der Waals surface area contributed by atoms with Crippen LogP contribution < -0.4 is 5.73 Å². The molecule has 0 fully saturated rings. The van der Waals surface area contributed by atoms with Gasteiger partial charge in [0, 0.05) is 26.5 Å². The van der Waals surface area contributed by atoms with Crippen LogP contribution >= 0.6 is 11.8 Å². The molecule has 0 saturated carbocycles. The lowest BCUT2D eigenvalue weighted by atomic mass is 10.0. The quantitative estimate of drug-likeness (QED) is 0.354. The lowest BCUT2D eigenvalue weighted by Gasteiger charge is -2.17. The first-order valence-corrected chi connectivity index (χ1v) is 8.62. The van der Waals surface area contributed by atoms with E-state index < -0.39 is 11.8 Å². The summed E-state index contributed by atoms with van der Waals surface area (Å²) in [6, 6.07) is 0. The van der Waals surface area contributed by atoms with Gasteiger partial charge in [0.05, 0.1) is 33.0 Å². The van der Waals surface area contributed by atoms with E-state index in [1.54, 1.807) is 25.9 Å². The Kier molecular flexibility index (Phi) is 13.3. The molecule has 22 heavy (non-hydrogen) atoms. The number of ether oxygens (including phenoxy) is 3. The molecule has 0 aliphatic rings. The van der Waals surface area contributed by atoms with Gasteiger partial charge in [-0.1, -0.05) is 0 Å². The Hall–Kier alpha value is -0.830. The molecule has 0 spiro atoms. The third kappa shape index (κ3) is 10.8. The van der Waals surface area contributed by atoms with Crippen LogP contribution in [-0.2, 0) is 23.8 Å². The summed E-state index contributed by atoms with van der Waals surface area (Å²) in [5.41, 5.74) is 5.22. The number of hydrogen-bond donors (Lipinski definition) is 1. The molecular weight excluding hydrogens is 308 g/mol. The highest BCUT2D eigenvalue weighted by Crippen LogP contribution is 2.06. The minimum absolute atomic E-state index is 0.282. The van der Waals surface area contributed by atoms with Crippen LogP contribution in [0, 0.1) is 5.92 Å². The molecule has 0 aromatic rings. The van der Waals surface area contributed by atoms with Crippen molar-refractivity contribution in [3.8, 4) is 0 Å². The lowest BCUT2D eigenvalue weighted by molar-refractivity contribution is -0.140. The van der Waals surface area contributed by atoms with E-state index in [0.29, 0.717) is 33.0 Å². The fraction of sp³-hybridized carbons (Fsp3) is 0.857. The van der Waals surface area contributed by atoms with Crippen molar-refractivity contribution in [2.75, 3.05) is 65.7 Å². The van der Waals surface area contributed by atoms with Gasteiger partial charge in [-0.05, 0) is 12.7 Å². The highest BCUT2D eigenvalue weighted by Gasteiger charge is 2.25. The molecule has 0 aliphatic carbocycles. The van der Waals surface area contributed by atoms with Crippen molar-refractivity contribution in [3.63, 3.8) is 0 Å². The molecule has 2 amide bonds. The summed E-state index contributed by atoms with van der Waals surface area (Å²) in [7, 11) is 3.18. The third-order valence-electron chi connectivity index (χ3n) is 2.81. The normalized spacial score (nSPS) is 12.1. The summed E-state index contributed by atoms with van der Waals surface area (Å²) < 4.78 is 16.0. The zero-order valence-corrected chi connectivity index (χ0v) is 14.5. The van der Waals surface area contributed by atoms with Crippen LogP contribution in [-0.4, -0.2) is 82.5 Å². The Balaban J connectivity index is 3.54. The van der Waals surface area contributed by atoms with E-state index in [-0.39, 0.29) is 12.3 Å². The van der Waals surface area contributed by atoms with Crippen molar-refractivity contribution in [2.45, 2.75) is 6.42 Å². The molecule has 0 aliphatic heterocycles. The van der Waals surface area contributed by atoms with Crippen LogP contribution in [0.5, 0.6) is 0 Å². The van der Waals surface area contributed by atoms with Crippen LogP contribution in [0.15, 0.2) is 0 Å². The Morgan fingerprint density at radius 3 is 1.95 bits per heavy atom. The van der Waals surface area contributed by atoms with E-state index in [2.05, 4.69) is 0 Å². The number of hydrogen-bond acceptors (Lipinski definition) is 6. The number of primary amides is 1. The molecule has 7 nitrogen and oxygen atoms in total. The van der Waals surface area contributed by atoms with Crippen molar-refractivity contribution in [3.05, 3.63) is 0 Å². The minimum Gasteiger partial charge on any atom is -0.379 e. The Morgan fingerprint density at radius 1 is 1.00 bits per heavy atom. The smallest absolute Gasteiger partial charge is 0.234 e. The number of carbonyl (C=O) groups excluding carboxylic acids is 2. The predicted molar refractivity (Wildman–Crippen MR) is 86.8 cm³/mol. The average Bonchev–Trinajstić information content (AvgIpc) is 2.47. The average molecular weight is 336 g/mol. The Morgan fingerprint density at radius 2 is 1.50 bits per heavy atom. The highest BCUT2D eigenvalue weighted by atomic mass is 32.2. The van der Waals surface area contributed by atoms with Gasteiger partial charge < -0.3 is 24.8 Å². The second-order valence-electron chi connectivity index (χ2n) is 4.81. The van der Waals surface area contributed by atoms with E-state index >= 15 is 0 Å². The molecule has 0 heterocycles. The van der Waals surface area contributed by atoms with E-state index in [4.69, 9.17) is 19.9 Å². The predicted octanol–water partition coefficient (Wildman–Crippen LogP) is -0.0210. The number of nitrogens with zero attached hydrogens (tertiary/aromatic N) is 1. The minimum atomic E-state index is -0.833. The molecule has 0 bridgehead atoms. The summed E-state index contributed by atoms with van der Waals surface area (Å²) in [6.07, 6.45) is 2.32. The van der Waals surface area contributed by atoms with E-state index in [1.807, 2.05) is 6.26 Å². The first kappa shape index (κ1) is 21.2. The molecule has 8 heteroatoms.